The van der Waals surface area contributed by atoms with Crippen LogP contribution in [-0.2, 0) is 4.79 Å². The van der Waals surface area contributed by atoms with Gasteiger partial charge in [-0.3, -0.25) is 4.79 Å². The van der Waals surface area contributed by atoms with Crippen LogP contribution in [0.3, 0.4) is 0 Å². The summed E-state index contributed by atoms with van der Waals surface area (Å²) in [5.41, 5.74) is 1.33. The zero-order valence-electron chi connectivity index (χ0n) is 14.0. The van der Waals surface area contributed by atoms with Crippen molar-refractivity contribution in [1.82, 2.24) is 10.6 Å². The Kier molecular flexibility index (Phi) is 5.12. The lowest BCUT2D eigenvalue weighted by atomic mass is 9.95. The lowest BCUT2D eigenvalue weighted by molar-refractivity contribution is -0.123. The van der Waals surface area contributed by atoms with Gasteiger partial charge in [-0.1, -0.05) is 49.4 Å². The van der Waals surface area contributed by atoms with E-state index in [1.54, 1.807) is 0 Å². The Morgan fingerprint density at radius 2 is 1.96 bits per heavy atom. The van der Waals surface area contributed by atoms with Gasteiger partial charge >= 0.3 is 0 Å². The van der Waals surface area contributed by atoms with E-state index in [4.69, 9.17) is 0 Å². The fourth-order valence-electron chi connectivity index (χ4n) is 3.92. The van der Waals surface area contributed by atoms with Gasteiger partial charge in [-0.15, -0.1) is 12.4 Å². The number of hydrogen-bond acceptors (Lipinski definition) is 2. The Bertz CT molecular complexity index is 727. The van der Waals surface area contributed by atoms with Crippen molar-refractivity contribution in [3.8, 4) is 0 Å². The molecule has 2 aliphatic rings. The second-order valence-electron chi connectivity index (χ2n) is 7.10. The Morgan fingerprint density at radius 3 is 2.79 bits per heavy atom. The number of nitrogens with one attached hydrogen (secondary N) is 2. The second kappa shape index (κ2) is 7.12. The summed E-state index contributed by atoms with van der Waals surface area (Å²) in [7, 11) is 0. The van der Waals surface area contributed by atoms with Crippen molar-refractivity contribution in [1.29, 1.82) is 0 Å². The van der Waals surface area contributed by atoms with Gasteiger partial charge < -0.3 is 10.6 Å². The molecule has 0 radical (unpaired) electrons. The van der Waals surface area contributed by atoms with Crippen molar-refractivity contribution in [3.63, 3.8) is 0 Å². The summed E-state index contributed by atoms with van der Waals surface area (Å²) in [6, 6.07) is 15.2. The van der Waals surface area contributed by atoms with E-state index in [2.05, 4.69) is 60.0 Å². The van der Waals surface area contributed by atoms with Crippen LogP contribution in [0.4, 0.5) is 0 Å². The van der Waals surface area contributed by atoms with Crippen molar-refractivity contribution in [3.05, 3.63) is 48.0 Å². The van der Waals surface area contributed by atoms with E-state index in [1.165, 1.54) is 16.3 Å². The standard InChI is InChI=1S/C20H24N2O.ClH/c1-13-12-21-10-9-19(13)22-20(23)18-11-17(18)16-8-4-6-14-5-2-3-7-15(14)16;/h2-8,13,17-19,21H,9-12H2,1H3,(H,22,23);1H. The molecule has 24 heavy (non-hydrogen) atoms. The average Bonchev–Trinajstić information content (AvgIpc) is 3.37. The monoisotopic (exact) mass is 344 g/mol. The van der Waals surface area contributed by atoms with Crippen LogP contribution in [0.2, 0.25) is 0 Å². The number of carbonyl (C=O) groups excluding carboxylic acids is 1. The lowest BCUT2D eigenvalue weighted by Crippen LogP contribution is -2.48. The van der Waals surface area contributed by atoms with E-state index in [0.29, 0.717) is 17.9 Å². The first-order valence-electron chi connectivity index (χ1n) is 8.73. The number of rotatable bonds is 3. The molecule has 4 rings (SSSR count). The van der Waals surface area contributed by atoms with Gasteiger partial charge in [-0.2, -0.15) is 0 Å². The number of fused-ring (bicyclic) bond motifs is 1. The van der Waals surface area contributed by atoms with Crippen LogP contribution in [0, 0.1) is 11.8 Å². The largest absolute Gasteiger partial charge is 0.353 e. The Morgan fingerprint density at radius 1 is 1.17 bits per heavy atom. The molecule has 1 saturated heterocycles. The highest BCUT2D eigenvalue weighted by Crippen LogP contribution is 2.49. The summed E-state index contributed by atoms with van der Waals surface area (Å²) in [6.45, 7) is 4.22. The summed E-state index contributed by atoms with van der Waals surface area (Å²) >= 11 is 0. The molecule has 1 heterocycles. The van der Waals surface area contributed by atoms with Crippen molar-refractivity contribution < 1.29 is 4.79 Å². The van der Waals surface area contributed by atoms with E-state index >= 15 is 0 Å². The molecule has 0 spiro atoms. The van der Waals surface area contributed by atoms with E-state index in [-0.39, 0.29) is 24.2 Å². The molecule has 128 valence electrons. The first-order chi connectivity index (χ1) is 11.2. The van der Waals surface area contributed by atoms with Crippen LogP contribution in [0.15, 0.2) is 42.5 Å². The molecule has 4 unspecified atom stereocenters. The summed E-state index contributed by atoms with van der Waals surface area (Å²) in [5.74, 6) is 1.31. The predicted molar refractivity (Wildman–Crippen MR) is 101 cm³/mol. The molecule has 1 amide bonds. The smallest absolute Gasteiger partial charge is 0.223 e. The van der Waals surface area contributed by atoms with Gasteiger partial charge in [0.1, 0.15) is 0 Å². The SMILES string of the molecule is CC1CNCCC1NC(=O)C1CC1c1cccc2ccccc12.Cl. The second-order valence-corrected chi connectivity index (χ2v) is 7.10. The maximum Gasteiger partial charge on any atom is 0.223 e. The van der Waals surface area contributed by atoms with Crippen molar-refractivity contribution in [2.75, 3.05) is 13.1 Å². The molecule has 1 aliphatic heterocycles. The first-order valence-corrected chi connectivity index (χ1v) is 8.73. The van der Waals surface area contributed by atoms with Gasteiger partial charge in [0, 0.05) is 12.0 Å². The van der Waals surface area contributed by atoms with Crippen LogP contribution in [0.1, 0.15) is 31.2 Å². The molecule has 1 aliphatic carbocycles. The average molecular weight is 345 g/mol. The Balaban J connectivity index is 0.00000169. The van der Waals surface area contributed by atoms with Crippen molar-refractivity contribution in [2.24, 2.45) is 11.8 Å². The summed E-state index contributed by atoms with van der Waals surface area (Å²) < 4.78 is 0. The van der Waals surface area contributed by atoms with Crippen LogP contribution in [-0.4, -0.2) is 25.0 Å². The quantitative estimate of drug-likeness (QED) is 0.895. The molecule has 0 aromatic heterocycles. The topological polar surface area (TPSA) is 41.1 Å². The molecule has 4 atom stereocenters. The van der Waals surface area contributed by atoms with E-state index in [9.17, 15) is 4.79 Å². The number of amides is 1. The van der Waals surface area contributed by atoms with Crippen LogP contribution < -0.4 is 10.6 Å². The Hall–Kier alpha value is -1.58. The lowest BCUT2D eigenvalue weighted by Gasteiger charge is -2.30. The highest BCUT2D eigenvalue weighted by atomic mass is 35.5. The fraction of sp³-hybridized carbons (Fsp3) is 0.450. The van der Waals surface area contributed by atoms with Crippen molar-refractivity contribution in [2.45, 2.75) is 31.7 Å². The summed E-state index contributed by atoms with van der Waals surface area (Å²) in [6.07, 6.45) is 2.03. The van der Waals surface area contributed by atoms with E-state index in [1.807, 2.05) is 0 Å². The number of benzene rings is 2. The van der Waals surface area contributed by atoms with Crippen molar-refractivity contribution >= 4 is 29.1 Å². The van der Waals surface area contributed by atoms with Crippen LogP contribution in [0.25, 0.3) is 10.8 Å². The van der Waals surface area contributed by atoms with Gasteiger partial charge in [0.05, 0.1) is 0 Å². The van der Waals surface area contributed by atoms with Gasteiger partial charge in [0.25, 0.3) is 0 Å². The molecular formula is C20H25ClN2O. The third-order valence-electron chi connectivity index (χ3n) is 5.46. The number of halogens is 1. The zero-order valence-corrected chi connectivity index (χ0v) is 14.8. The molecule has 2 fully saturated rings. The Labute approximate surface area is 149 Å². The minimum Gasteiger partial charge on any atom is -0.353 e. The number of carbonyl (C=O) groups is 1. The zero-order chi connectivity index (χ0) is 15.8. The molecule has 2 N–H and O–H groups in total. The van der Waals surface area contributed by atoms with E-state index < -0.39 is 0 Å². The normalized spacial score (nSPS) is 28.9. The number of piperidine rings is 1. The summed E-state index contributed by atoms with van der Waals surface area (Å²) in [4.78, 5) is 12.6. The van der Waals surface area contributed by atoms with Crippen LogP contribution >= 0.6 is 12.4 Å². The first kappa shape index (κ1) is 17.2. The molecule has 2 aromatic carbocycles. The predicted octanol–water partition coefficient (Wildman–Crippen LogP) is 3.48. The molecule has 3 nitrogen and oxygen atoms in total. The van der Waals surface area contributed by atoms with E-state index in [0.717, 1.165) is 25.9 Å². The molecule has 0 bridgehead atoms. The highest BCUT2D eigenvalue weighted by molar-refractivity contribution is 5.89. The maximum atomic E-state index is 12.6. The minimum absolute atomic E-state index is 0. The van der Waals surface area contributed by atoms with Gasteiger partial charge in [0.15, 0.2) is 0 Å². The minimum atomic E-state index is 0. The summed E-state index contributed by atoms with van der Waals surface area (Å²) in [5, 5.41) is 9.25. The third kappa shape index (κ3) is 3.28. The number of hydrogen-bond donors (Lipinski definition) is 2. The van der Waals surface area contributed by atoms with Gasteiger partial charge in [0.2, 0.25) is 5.91 Å². The third-order valence-corrected chi connectivity index (χ3v) is 5.46. The highest BCUT2D eigenvalue weighted by Gasteiger charge is 2.45. The molecule has 1 saturated carbocycles. The molecular weight excluding hydrogens is 320 g/mol. The van der Waals surface area contributed by atoms with Gasteiger partial charge in [-0.25, -0.2) is 0 Å². The molecule has 4 heteroatoms. The molecule has 2 aromatic rings. The van der Waals surface area contributed by atoms with Gasteiger partial charge in [-0.05, 0) is 54.1 Å². The van der Waals surface area contributed by atoms with Crippen LogP contribution in [0.5, 0.6) is 0 Å². The fourth-order valence-corrected chi connectivity index (χ4v) is 3.92. The maximum absolute atomic E-state index is 12.6.